The largest absolute Gasteiger partial charge is 0.494 e. The number of aromatic nitrogens is 2. The van der Waals surface area contributed by atoms with Gasteiger partial charge < -0.3 is 9.84 Å². The molecule has 1 atom stereocenters. The Morgan fingerprint density at radius 1 is 1.12 bits per heavy atom. The lowest BCUT2D eigenvalue weighted by Gasteiger charge is -2.28. The van der Waals surface area contributed by atoms with Crippen molar-refractivity contribution in [3.63, 3.8) is 0 Å². The van der Waals surface area contributed by atoms with E-state index in [1.165, 1.54) is 31.5 Å². The van der Waals surface area contributed by atoms with Gasteiger partial charge in [-0.05, 0) is 56.2 Å². The number of hydrogen-bond donors (Lipinski definition) is 1. The maximum absolute atomic E-state index is 14.2. The normalized spacial score (nSPS) is 13.8. The summed E-state index contributed by atoms with van der Waals surface area (Å²) in [5, 5.41) is 10.8. The summed E-state index contributed by atoms with van der Waals surface area (Å²) >= 11 is 0. The third kappa shape index (κ3) is 5.06. The van der Waals surface area contributed by atoms with Crippen molar-refractivity contribution >= 4 is 28.4 Å². The van der Waals surface area contributed by atoms with Gasteiger partial charge in [0.25, 0.3) is 0 Å². The number of nitrogens with zero attached hydrogens (tertiary/aromatic N) is 3. The molecule has 0 amide bonds. The average molecular weight is 479 g/mol. The van der Waals surface area contributed by atoms with Crippen molar-refractivity contribution < 1.29 is 31.8 Å². The molecule has 5 nitrogen and oxygen atoms in total. The number of alkyl halides is 3. The van der Waals surface area contributed by atoms with E-state index in [1.807, 2.05) is 0 Å². The molecule has 1 aromatic heterocycles. The highest BCUT2D eigenvalue weighted by atomic mass is 19.4. The quantitative estimate of drug-likeness (QED) is 0.343. The predicted octanol–water partition coefficient (Wildman–Crippen LogP) is 6.10. The molecule has 0 aliphatic rings. The van der Waals surface area contributed by atoms with Gasteiger partial charge in [0.2, 0.25) is 0 Å². The van der Waals surface area contributed by atoms with E-state index in [0.29, 0.717) is 11.8 Å². The van der Waals surface area contributed by atoms with Crippen LogP contribution in [0.25, 0.3) is 16.5 Å². The summed E-state index contributed by atoms with van der Waals surface area (Å²) in [6.45, 7) is 4.65. The standard InChI is InChI=1S/C24H22F5N3O2/c1-13(2)16(15-5-8-21(34-4)19(26)9-15)10-23(33,24(27,28)29)12-31-20-7-6-18(25)22-17(20)11-30-14(3)32-22/h5-9,11-12,33H,10H2,1-4H3/b31-12-. The molecule has 2 aromatic carbocycles. The molecule has 0 aliphatic heterocycles. The topological polar surface area (TPSA) is 67.6 Å². The number of fused-ring (bicyclic) bond motifs is 1. The van der Waals surface area contributed by atoms with E-state index in [0.717, 1.165) is 12.1 Å². The minimum atomic E-state index is -5.12. The van der Waals surface area contributed by atoms with Crippen LogP contribution >= 0.6 is 0 Å². The van der Waals surface area contributed by atoms with E-state index >= 15 is 0 Å². The maximum atomic E-state index is 14.2. The zero-order valence-corrected chi connectivity index (χ0v) is 18.8. The Bertz CT molecular complexity index is 1280. The van der Waals surface area contributed by atoms with Crippen LogP contribution in [0.5, 0.6) is 5.75 Å². The second-order valence-corrected chi connectivity index (χ2v) is 7.93. The van der Waals surface area contributed by atoms with Crippen LogP contribution in [0.4, 0.5) is 27.6 Å². The Morgan fingerprint density at radius 2 is 1.82 bits per heavy atom. The number of aliphatic hydroxyl groups is 1. The zero-order chi connectivity index (χ0) is 25.3. The maximum Gasteiger partial charge on any atom is 0.422 e. The minimum absolute atomic E-state index is 0.0479. The second kappa shape index (κ2) is 9.46. The smallest absolute Gasteiger partial charge is 0.422 e. The number of allylic oxidation sites excluding steroid dienone is 1. The molecule has 34 heavy (non-hydrogen) atoms. The SMILES string of the molecule is COc1ccc(C(CC(O)(/C=N\c2ccc(F)c3nc(C)ncc23)C(F)(F)F)=C(C)C)cc1F. The lowest BCUT2D eigenvalue weighted by atomic mass is 9.88. The van der Waals surface area contributed by atoms with Crippen molar-refractivity contribution in [3.05, 3.63) is 65.1 Å². The fourth-order valence-electron chi connectivity index (χ4n) is 3.36. The number of rotatable bonds is 6. The number of hydrogen-bond acceptors (Lipinski definition) is 5. The van der Waals surface area contributed by atoms with E-state index in [-0.39, 0.29) is 39.3 Å². The molecule has 0 saturated carbocycles. The van der Waals surface area contributed by atoms with Crippen LogP contribution in [0.3, 0.4) is 0 Å². The van der Waals surface area contributed by atoms with Crippen molar-refractivity contribution in [1.82, 2.24) is 9.97 Å². The van der Waals surface area contributed by atoms with E-state index < -0.39 is 29.8 Å². The van der Waals surface area contributed by atoms with Crippen LogP contribution in [-0.2, 0) is 0 Å². The van der Waals surface area contributed by atoms with Gasteiger partial charge in [-0.25, -0.2) is 18.7 Å². The molecule has 3 aromatic rings. The van der Waals surface area contributed by atoms with Crippen molar-refractivity contribution in [1.29, 1.82) is 0 Å². The molecule has 1 unspecified atom stereocenters. The Labute approximate surface area is 192 Å². The third-order valence-corrected chi connectivity index (χ3v) is 5.26. The molecule has 0 radical (unpaired) electrons. The first kappa shape index (κ1) is 25.2. The summed E-state index contributed by atoms with van der Waals surface area (Å²) in [6.07, 6.45) is -4.43. The molecular weight excluding hydrogens is 457 g/mol. The minimum Gasteiger partial charge on any atom is -0.494 e. The Morgan fingerprint density at radius 3 is 2.41 bits per heavy atom. The lowest BCUT2D eigenvalue weighted by molar-refractivity contribution is -0.226. The summed E-state index contributed by atoms with van der Waals surface area (Å²) in [5.74, 6) is -1.22. The molecule has 180 valence electrons. The van der Waals surface area contributed by atoms with Crippen molar-refractivity contribution in [2.24, 2.45) is 4.99 Å². The Kier molecular flexibility index (Phi) is 7.02. The van der Waals surface area contributed by atoms with E-state index in [2.05, 4.69) is 15.0 Å². The van der Waals surface area contributed by atoms with Gasteiger partial charge in [-0.2, -0.15) is 13.2 Å². The van der Waals surface area contributed by atoms with Crippen molar-refractivity contribution in [2.45, 2.75) is 39.0 Å². The summed E-state index contributed by atoms with van der Waals surface area (Å²) in [4.78, 5) is 11.7. The monoisotopic (exact) mass is 479 g/mol. The van der Waals surface area contributed by atoms with Gasteiger partial charge in [0.1, 0.15) is 17.2 Å². The molecule has 0 aliphatic carbocycles. The Balaban J connectivity index is 2.07. The first-order valence-electron chi connectivity index (χ1n) is 10.1. The highest BCUT2D eigenvalue weighted by molar-refractivity contribution is 5.92. The molecule has 1 N–H and O–H groups in total. The van der Waals surface area contributed by atoms with Crippen LogP contribution in [0.15, 0.2) is 47.1 Å². The number of methoxy groups -OCH3 is 1. The highest BCUT2D eigenvalue weighted by Crippen LogP contribution is 2.39. The van der Waals surface area contributed by atoms with Gasteiger partial charge >= 0.3 is 6.18 Å². The van der Waals surface area contributed by atoms with Crippen LogP contribution < -0.4 is 4.74 Å². The van der Waals surface area contributed by atoms with Crippen LogP contribution in [-0.4, -0.2) is 40.2 Å². The van der Waals surface area contributed by atoms with Crippen LogP contribution in [0.2, 0.25) is 0 Å². The van der Waals surface area contributed by atoms with Gasteiger partial charge in [0.05, 0.1) is 12.8 Å². The van der Waals surface area contributed by atoms with E-state index in [1.54, 1.807) is 20.8 Å². The van der Waals surface area contributed by atoms with Crippen molar-refractivity contribution in [3.8, 4) is 5.75 Å². The summed E-state index contributed by atoms with van der Waals surface area (Å²) in [7, 11) is 1.27. The molecule has 0 spiro atoms. The fraction of sp³-hybridized carbons (Fsp3) is 0.292. The van der Waals surface area contributed by atoms with Crippen molar-refractivity contribution in [2.75, 3.05) is 7.11 Å². The molecular formula is C24H22F5N3O2. The molecule has 3 rings (SSSR count). The Hall–Kier alpha value is -3.40. The van der Waals surface area contributed by atoms with Gasteiger partial charge in [0, 0.05) is 24.2 Å². The third-order valence-electron chi connectivity index (χ3n) is 5.26. The van der Waals surface area contributed by atoms with E-state index in [9.17, 15) is 27.1 Å². The number of aliphatic imine (C=N–C) groups is 1. The number of ether oxygens (including phenoxy) is 1. The molecule has 1 heterocycles. The molecule has 0 fully saturated rings. The molecule has 0 saturated heterocycles. The summed E-state index contributed by atoms with van der Waals surface area (Å²) < 4.78 is 75.3. The summed E-state index contributed by atoms with van der Waals surface area (Å²) in [6, 6.07) is 5.94. The average Bonchev–Trinajstić information content (AvgIpc) is 2.76. The van der Waals surface area contributed by atoms with Gasteiger partial charge in [-0.3, -0.25) is 4.99 Å². The molecule has 10 heteroatoms. The van der Waals surface area contributed by atoms with Crippen LogP contribution in [0.1, 0.15) is 31.7 Å². The second-order valence-electron chi connectivity index (χ2n) is 7.93. The van der Waals surface area contributed by atoms with Gasteiger partial charge in [0.15, 0.2) is 17.2 Å². The number of halogens is 5. The predicted molar refractivity (Wildman–Crippen MR) is 119 cm³/mol. The zero-order valence-electron chi connectivity index (χ0n) is 18.8. The van der Waals surface area contributed by atoms with Gasteiger partial charge in [-0.15, -0.1) is 0 Å². The number of aryl methyl sites for hydroxylation is 1. The molecule has 0 bridgehead atoms. The number of benzene rings is 2. The fourth-order valence-corrected chi connectivity index (χ4v) is 3.36. The first-order chi connectivity index (χ1) is 15.9. The lowest BCUT2D eigenvalue weighted by Crippen LogP contribution is -2.47. The van der Waals surface area contributed by atoms with E-state index in [4.69, 9.17) is 4.74 Å². The van der Waals surface area contributed by atoms with Gasteiger partial charge in [-0.1, -0.05) is 11.6 Å². The van der Waals surface area contributed by atoms with Crippen LogP contribution in [0, 0.1) is 18.6 Å². The highest BCUT2D eigenvalue weighted by Gasteiger charge is 2.53. The summed E-state index contributed by atoms with van der Waals surface area (Å²) in [5.41, 5.74) is -2.87. The first-order valence-corrected chi connectivity index (χ1v) is 10.1.